The number of ether oxygens (including phenoxy) is 1. The number of carbonyl (C=O) groups excluding carboxylic acids is 1. The van der Waals surface area contributed by atoms with Crippen molar-refractivity contribution < 1.29 is 9.53 Å². The van der Waals surface area contributed by atoms with E-state index in [1.165, 1.54) is 0 Å². The van der Waals surface area contributed by atoms with Gasteiger partial charge in [0.05, 0.1) is 0 Å². The molecule has 0 spiro atoms. The Labute approximate surface area is 97.3 Å². The fourth-order valence-corrected chi connectivity index (χ4v) is 2.66. The Kier molecular flexibility index (Phi) is 2.86. The quantitative estimate of drug-likeness (QED) is 0.772. The van der Waals surface area contributed by atoms with Gasteiger partial charge in [-0.1, -0.05) is 0 Å². The van der Waals surface area contributed by atoms with Gasteiger partial charge in [0.25, 0.3) is 0 Å². The molecule has 92 valence electrons. The summed E-state index contributed by atoms with van der Waals surface area (Å²) < 4.78 is 5.36. The number of likely N-dealkylation sites (tertiary alicyclic amines) is 1. The third kappa shape index (κ3) is 2.32. The molecule has 2 fully saturated rings. The predicted octanol–water partition coefficient (Wildman–Crippen LogP) is 1.32. The van der Waals surface area contributed by atoms with Crippen LogP contribution in [0.4, 0.5) is 4.79 Å². The molecule has 1 heterocycles. The summed E-state index contributed by atoms with van der Waals surface area (Å²) in [4.78, 5) is 13.6. The molecule has 2 aliphatic rings. The Morgan fingerprint density at radius 1 is 1.38 bits per heavy atom. The standard InChI is InChI=1S/C12H22N2O2/c1-12(2,3)16-11(15)14-6-9-8(5-13-4)10(9)7-14/h8-10,13H,5-7H2,1-4H3/t9-,10-/m0/s1. The maximum absolute atomic E-state index is 11.8. The van der Waals surface area contributed by atoms with Crippen LogP contribution in [0.5, 0.6) is 0 Å². The zero-order valence-electron chi connectivity index (χ0n) is 10.6. The van der Waals surface area contributed by atoms with Gasteiger partial charge in [0, 0.05) is 13.1 Å². The molecule has 1 N–H and O–H groups in total. The number of nitrogens with zero attached hydrogens (tertiary/aromatic N) is 1. The number of piperidine rings is 1. The average Bonchev–Trinajstić information content (AvgIpc) is 2.60. The summed E-state index contributed by atoms with van der Waals surface area (Å²) in [5.74, 6) is 2.20. The fourth-order valence-electron chi connectivity index (χ4n) is 2.66. The second-order valence-electron chi connectivity index (χ2n) is 5.93. The molecule has 4 nitrogen and oxygen atoms in total. The number of rotatable bonds is 2. The summed E-state index contributed by atoms with van der Waals surface area (Å²) in [7, 11) is 1.99. The lowest BCUT2D eigenvalue weighted by atomic mass is 10.2. The van der Waals surface area contributed by atoms with Crippen LogP contribution in [0.15, 0.2) is 0 Å². The number of nitrogens with one attached hydrogen (secondary N) is 1. The molecule has 2 atom stereocenters. The van der Waals surface area contributed by atoms with Crippen molar-refractivity contribution in [3.63, 3.8) is 0 Å². The SMILES string of the molecule is CNCC1[C@@H]2CN(C(=O)OC(C)(C)C)C[C@@H]12. The third-order valence-corrected chi connectivity index (χ3v) is 3.46. The van der Waals surface area contributed by atoms with Crippen molar-refractivity contribution >= 4 is 6.09 Å². The summed E-state index contributed by atoms with van der Waals surface area (Å²) in [6, 6.07) is 0. The third-order valence-electron chi connectivity index (χ3n) is 3.46. The lowest BCUT2D eigenvalue weighted by molar-refractivity contribution is 0.0266. The summed E-state index contributed by atoms with van der Waals surface area (Å²) in [5, 5.41) is 3.21. The summed E-state index contributed by atoms with van der Waals surface area (Å²) in [6.07, 6.45) is -0.150. The van der Waals surface area contributed by atoms with Crippen LogP contribution >= 0.6 is 0 Å². The lowest BCUT2D eigenvalue weighted by Crippen LogP contribution is -2.37. The molecule has 1 saturated heterocycles. The highest BCUT2D eigenvalue weighted by atomic mass is 16.6. The number of amides is 1. The molecule has 2 rings (SSSR count). The minimum absolute atomic E-state index is 0.150. The van der Waals surface area contributed by atoms with Crippen molar-refractivity contribution in [3.8, 4) is 0 Å². The van der Waals surface area contributed by atoms with Crippen LogP contribution in [-0.2, 0) is 4.74 Å². The first kappa shape index (κ1) is 11.7. The number of carbonyl (C=O) groups is 1. The molecule has 16 heavy (non-hydrogen) atoms. The van der Waals surface area contributed by atoms with Gasteiger partial charge in [-0.05, 0) is 52.1 Å². The van der Waals surface area contributed by atoms with E-state index >= 15 is 0 Å². The topological polar surface area (TPSA) is 41.6 Å². The molecule has 0 aromatic carbocycles. The molecular weight excluding hydrogens is 204 g/mol. The summed E-state index contributed by atoms with van der Waals surface area (Å²) in [6.45, 7) is 8.57. The van der Waals surface area contributed by atoms with Crippen LogP contribution in [0, 0.1) is 17.8 Å². The molecule has 0 unspecified atom stereocenters. The molecule has 1 aliphatic heterocycles. The van der Waals surface area contributed by atoms with Crippen LogP contribution in [0.25, 0.3) is 0 Å². The van der Waals surface area contributed by atoms with E-state index in [9.17, 15) is 4.79 Å². The Morgan fingerprint density at radius 3 is 2.38 bits per heavy atom. The van der Waals surface area contributed by atoms with Crippen molar-refractivity contribution in [2.45, 2.75) is 26.4 Å². The predicted molar refractivity (Wildman–Crippen MR) is 62.2 cm³/mol. The normalized spacial score (nSPS) is 32.5. The largest absolute Gasteiger partial charge is 0.444 e. The molecule has 1 amide bonds. The number of hydrogen-bond donors (Lipinski definition) is 1. The van der Waals surface area contributed by atoms with Gasteiger partial charge in [-0.15, -0.1) is 0 Å². The first-order valence-electron chi connectivity index (χ1n) is 6.05. The van der Waals surface area contributed by atoms with Crippen molar-refractivity contribution in [2.24, 2.45) is 17.8 Å². The Bertz CT molecular complexity index is 273. The number of hydrogen-bond acceptors (Lipinski definition) is 3. The van der Waals surface area contributed by atoms with Crippen molar-refractivity contribution in [3.05, 3.63) is 0 Å². The first-order valence-corrected chi connectivity index (χ1v) is 6.05. The van der Waals surface area contributed by atoms with Gasteiger partial charge in [0.2, 0.25) is 0 Å². The van der Waals surface area contributed by atoms with Crippen molar-refractivity contribution in [2.75, 3.05) is 26.7 Å². The van der Waals surface area contributed by atoms with E-state index in [0.717, 1.165) is 25.6 Å². The highest BCUT2D eigenvalue weighted by Gasteiger charge is 2.56. The van der Waals surface area contributed by atoms with Gasteiger partial charge in [-0.25, -0.2) is 4.79 Å². The van der Waals surface area contributed by atoms with E-state index in [1.54, 1.807) is 0 Å². The van der Waals surface area contributed by atoms with E-state index in [4.69, 9.17) is 4.74 Å². The second-order valence-corrected chi connectivity index (χ2v) is 5.93. The molecule has 4 heteroatoms. The molecule has 0 aromatic heterocycles. The Balaban J connectivity index is 1.78. The van der Waals surface area contributed by atoms with Gasteiger partial charge in [-0.2, -0.15) is 0 Å². The zero-order valence-corrected chi connectivity index (χ0v) is 10.6. The molecule has 1 saturated carbocycles. The van der Waals surface area contributed by atoms with Gasteiger partial charge in [0.1, 0.15) is 5.60 Å². The van der Waals surface area contributed by atoms with E-state index < -0.39 is 0 Å². The maximum Gasteiger partial charge on any atom is 0.410 e. The average molecular weight is 226 g/mol. The molecule has 0 radical (unpaired) electrons. The van der Waals surface area contributed by atoms with Crippen LogP contribution in [0.3, 0.4) is 0 Å². The highest BCUT2D eigenvalue weighted by Crippen LogP contribution is 2.51. The minimum Gasteiger partial charge on any atom is -0.444 e. The van der Waals surface area contributed by atoms with Gasteiger partial charge in [-0.3, -0.25) is 0 Å². The van der Waals surface area contributed by atoms with Crippen LogP contribution in [0.2, 0.25) is 0 Å². The monoisotopic (exact) mass is 226 g/mol. The van der Waals surface area contributed by atoms with Gasteiger partial charge < -0.3 is 15.0 Å². The van der Waals surface area contributed by atoms with E-state index in [2.05, 4.69) is 5.32 Å². The van der Waals surface area contributed by atoms with Crippen molar-refractivity contribution in [1.82, 2.24) is 10.2 Å². The fraction of sp³-hybridized carbons (Fsp3) is 0.917. The van der Waals surface area contributed by atoms with E-state index in [1.807, 2.05) is 32.7 Å². The minimum atomic E-state index is -0.381. The highest BCUT2D eigenvalue weighted by molar-refractivity contribution is 5.68. The zero-order chi connectivity index (χ0) is 11.9. The first-order chi connectivity index (χ1) is 7.42. The Hall–Kier alpha value is -0.770. The van der Waals surface area contributed by atoms with Crippen LogP contribution in [0.1, 0.15) is 20.8 Å². The molecule has 0 bridgehead atoms. The van der Waals surface area contributed by atoms with Crippen molar-refractivity contribution in [1.29, 1.82) is 0 Å². The molecule has 1 aliphatic carbocycles. The second kappa shape index (κ2) is 3.91. The molecule has 0 aromatic rings. The lowest BCUT2D eigenvalue weighted by Gasteiger charge is -2.25. The molecular formula is C12H22N2O2. The van der Waals surface area contributed by atoms with Gasteiger partial charge >= 0.3 is 6.09 Å². The van der Waals surface area contributed by atoms with Crippen LogP contribution < -0.4 is 5.32 Å². The van der Waals surface area contributed by atoms with Crippen LogP contribution in [-0.4, -0.2) is 43.3 Å². The number of fused-ring (bicyclic) bond motifs is 1. The Morgan fingerprint density at radius 2 is 1.94 bits per heavy atom. The van der Waals surface area contributed by atoms with E-state index in [0.29, 0.717) is 11.8 Å². The van der Waals surface area contributed by atoms with Gasteiger partial charge in [0.15, 0.2) is 0 Å². The maximum atomic E-state index is 11.8. The summed E-state index contributed by atoms with van der Waals surface area (Å²) in [5.41, 5.74) is -0.381. The van der Waals surface area contributed by atoms with E-state index in [-0.39, 0.29) is 11.7 Å². The smallest absolute Gasteiger partial charge is 0.410 e. The summed E-state index contributed by atoms with van der Waals surface area (Å²) >= 11 is 0.